The van der Waals surface area contributed by atoms with E-state index in [1.165, 1.54) is 11.3 Å². The van der Waals surface area contributed by atoms with E-state index in [2.05, 4.69) is 10.3 Å². The van der Waals surface area contributed by atoms with Crippen LogP contribution >= 0.6 is 11.3 Å². The van der Waals surface area contributed by atoms with Gasteiger partial charge in [0.1, 0.15) is 11.5 Å². The normalized spacial score (nSPS) is 10.2. The molecule has 0 aliphatic heterocycles. The Kier molecular flexibility index (Phi) is 5.53. The van der Waals surface area contributed by atoms with Gasteiger partial charge in [-0.15, -0.1) is 11.3 Å². The number of benzene rings is 1. The van der Waals surface area contributed by atoms with Crippen molar-refractivity contribution in [1.82, 2.24) is 4.98 Å². The van der Waals surface area contributed by atoms with Crippen molar-refractivity contribution in [2.24, 2.45) is 0 Å². The molecule has 1 heterocycles. The molecule has 8 heteroatoms. The molecule has 2 aromatic rings. The summed E-state index contributed by atoms with van der Waals surface area (Å²) in [5.41, 5.74) is 1.43. The second kappa shape index (κ2) is 7.59. The number of ether oxygens (including phenoxy) is 2. The maximum Gasteiger partial charge on any atom is 0.303 e. The van der Waals surface area contributed by atoms with E-state index >= 15 is 0 Å². The van der Waals surface area contributed by atoms with Crippen molar-refractivity contribution < 1.29 is 24.2 Å². The molecule has 1 amide bonds. The molecule has 0 fully saturated rings. The SMILES string of the molecule is COc1ccc(-c2csc(NC(=O)CCC(=O)O)n2)c(OC)c1. The van der Waals surface area contributed by atoms with Gasteiger partial charge in [-0.25, -0.2) is 4.98 Å². The van der Waals surface area contributed by atoms with Crippen LogP contribution in [0.1, 0.15) is 12.8 Å². The van der Waals surface area contributed by atoms with Crippen LogP contribution < -0.4 is 14.8 Å². The van der Waals surface area contributed by atoms with Crippen molar-refractivity contribution in [3.05, 3.63) is 23.6 Å². The molecule has 0 bridgehead atoms. The molecule has 0 saturated heterocycles. The quantitative estimate of drug-likeness (QED) is 0.806. The number of amides is 1. The highest BCUT2D eigenvalue weighted by Gasteiger charge is 2.13. The Morgan fingerprint density at radius 2 is 2.04 bits per heavy atom. The van der Waals surface area contributed by atoms with E-state index in [1.807, 2.05) is 6.07 Å². The largest absolute Gasteiger partial charge is 0.497 e. The molecule has 0 spiro atoms. The molecule has 23 heavy (non-hydrogen) atoms. The molecule has 0 atom stereocenters. The summed E-state index contributed by atoms with van der Waals surface area (Å²) in [6.45, 7) is 0. The minimum atomic E-state index is -1.01. The molecule has 0 aliphatic carbocycles. The van der Waals surface area contributed by atoms with Gasteiger partial charge in [-0.3, -0.25) is 9.59 Å². The maximum absolute atomic E-state index is 11.6. The lowest BCUT2D eigenvalue weighted by Gasteiger charge is -2.08. The van der Waals surface area contributed by atoms with Gasteiger partial charge in [0.15, 0.2) is 5.13 Å². The Morgan fingerprint density at radius 3 is 2.70 bits per heavy atom. The fraction of sp³-hybridized carbons (Fsp3) is 0.267. The van der Waals surface area contributed by atoms with Crippen molar-refractivity contribution >= 4 is 28.3 Å². The number of methoxy groups -OCH3 is 2. The van der Waals surface area contributed by atoms with E-state index in [0.717, 1.165) is 5.56 Å². The van der Waals surface area contributed by atoms with Crippen LogP contribution in [-0.2, 0) is 9.59 Å². The number of aliphatic carboxylic acids is 1. The van der Waals surface area contributed by atoms with Crippen molar-refractivity contribution in [3.63, 3.8) is 0 Å². The van der Waals surface area contributed by atoms with Crippen molar-refractivity contribution in [1.29, 1.82) is 0 Å². The zero-order valence-corrected chi connectivity index (χ0v) is 13.5. The van der Waals surface area contributed by atoms with Gasteiger partial charge in [0.2, 0.25) is 5.91 Å². The van der Waals surface area contributed by atoms with E-state index < -0.39 is 5.97 Å². The Hall–Kier alpha value is -2.61. The summed E-state index contributed by atoms with van der Waals surface area (Å²) in [5, 5.41) is 13.4. The third kappa shape index (κ3) is 4.43. The minimum absolute atomic E-state index is 0.0872. The first kappa shape index (κ1) is 16.8. The fourth-order valence-electron chi connectivity index (χ4n) is 1.87. The maximum atomic E-state index is 11.6. The molecule has 2 rings (SSSR count). The van der Waals surface area contributed by atoms with Crippen LogP contribution in [0.5, 0.6) is 11.5 Å². The summed E-state index contributed by atoms with van der Waals surface area (Å²) in [6.07, 6.45) is -0.299. The number of carboxylic acids is 1. The van der Waals surface area contributed by atoms with Gasteiger partial charge in [0.05, 0.1) is 26.3 Å². The Morgan fingerprint density at radius 1 is 1.26 bits per heavy atom. The van der Waals surface area contributed by atoms with Crippen LogP contribution in [0.25, 0.3) is 11.3 Å². The summed E-state index contributed by atoms with van der Waals surface area (Å²) in [5.74, 6) is -0.112. The van der Waals surface area contributed by atoms with Gasteiger partial charge in [-0.05, 0) is 12.1 Å². The highest BCUT2D eigenvalue weighted by atomic mass is 32.1. The van der Waals surface area contributed by atoms with E-state index in [9.17, 15) is 9.59 Å². The summed E-state index contributed by atoms with van der Waals surface area (Å²) >= 11 is 1.26. The van der Waals surface area contributed by atoms with Crippen molar-refractivity contribution in [3.8, 4) is 22.8 Å². The molecule has 0 aliphatic rings. The first-order valence-electron chi connectivity index (χ1n) is 6.73. The zero-order chi connectivity index (χ0) is 16.8. The lowest BCUT2D eigenvalue weighted by molar-refractivity contribution is -0.138. The Labute approximate surface area is 136 Å². The third-order valence-electron chi connectivity index (χ3n) is 3.00. The second-order valence-corrected chi connectivity index (χ2v) is 5.40. The number of hydrogen-bond donors (Lipinski definition) is 2. The number of carboxylic acid groups (broad SMARTS) is 1. The summed E-state index contributed by atoms with van der Waals surface area (Å²) in [6, 6.07) is 5.37. The highest BCUT2D eigenvalue weighted by molar-refractivity contribution is 7.14. The number of nitrogens with one attached hydrogen (secondary N) is 1. The second-order valence-electron chi connectivity index (χ2n) is 4.55. The predicted molar refractivity (Wildman–Crippen MR) is 86.2 cm³/mol. The average Bonchev–Trinajstić information content (AvgIpc) is 3.00. The average molecular weight is 336 g/mol. The number of hydrogen-bond acceptors (Lipinski definition) is 6. The Balaban J connectivity index is 2.13. The number of carbonyl (C=O) groups is 2. The standard InChI is InChI=1S/C15H16N2O5S/c1-21-9-3-4-10(12(7-9)22-2)11-8-23-15(16-11)17-13(18)5-6-14(19)20/h3-4,7-8H,5-6H2,1-2H3,(H,19,20)(H,16,17,18). The van der Waals surface area contributed by atoms with Crippen LogP contribution in [0, 0.1) is 0 Å². The molecule has 1 aromatic carbocycles. The molecule has 1 aromatic heterocycles. The number of nitrogens with zero attached hydrogens (tertiary/aromatic N) is 1. The summed E-state index contributed by atoms with van der Waals surface area (Å²) < 4.78 is 10.5. The number of carbonyl (C=O) groups excluding carboxylic acids is 1. The molecule has 2 N–H and O–H groups in total. The molecule has 0 saturated carbocycles. The molecular formula is C15H16N2O5S. The van der Waals surface area contributed by atoms with Gasteiger partial charge in [-0.1, -0.05) is 0 Å². The zero-order valence-electron chi connectivity index (χ0n) is 12.7. The Bertz CT molecular complexity index is 714. The predicted octanol–water partition coefficient (Wildman–Crippen LogP) is 2.63. The van der Waals surface area contributed by atoms with Gasteiger partial charge in [0.25, 0.3) is 0 Å². The summed E-state index contributed by atoms with van der Waals surface area (Å²) in [7, 11) is 3.13. The highest BCUT2D eigenvalue weighted by Crippen LogP contribution is 2.34. The van der Waals surface area contributed by atoms with Crippen molar-refractivity contribution in [2.75, 3.05) is 19.5 Å². The van der Waals surface area contributed by atoms with E-state index in [4.69, 9.17) is 14.6 Å². The lowest BCUT2D eigenvalue weighted by atomic mass is 10.1. The van der Waals surface area contributed by atoms with Gasteiger partial charge < -0.3 is 19.9 Å². The first-order chi connectivity index (χ1) is 11.0. The first-order valence-corrected chi connectivity index (χ1v) is 7.61. The van der Waals surface area contributed by atoms with Crippen LogP contribution in [0.2, 0.25) is 0 Å². The molecular weight excluding hydrogens is 320 g/mol. The van der Waals surface area contributed by atoms with Gasteiger partial charge >= 0.3 is 5.97 Å². The van der Waals surface area contributed by atoms with E-state index in [-0.39, 0.29) is 18.7 Å². The molecule has 0 unspecified atom stereocenters. The van der Waals surface area contributed by atoms with E-state index in [1.54, 1.807) is 31.7 Å². The van der Waals surface area contributed by atoms with Gasteiger partial charge in [-0.2, -0.15) is 0 Å². The van der Waals surface area contributed by atoms with Gasteiger partial charge in [0, 0.05) is 23.4 Å². The van der Waals surface area contributed by atoms with Crippen molar-refractivity contribution in [2.45, 2.75) is 12.8 Å². The van der Waals surface area contributed by atoms with E-state index in [0.29, 0.717) is 22.3 Å². The third-order valence-corrected chi connectivity index (χ3v) is 3.76. The number of thiazole rings is 1. The lowest BCUT2D eigenvalue weighted by Crippen LogP contribution is -2.12. The van der Waals surface area contributed by atoms with Crippen LogP contribution in [0.15, 0.2) is 23.6 Å². The number of anilines is 1. The monoisotopic (exact) mass is 336 g/mol. The topological polar surface area (TPSA) is 97.8 Å². The van der Waals surface area contributed by atoms with Crippen LogP contribution in [-0.4, -0.2) is 36.2 Å². The molecule has 0 radical (unpaired) electrons. The summed E-state index contributed by atoms with van der Waals surface area (Å²) in [4.78, 5) is 26.4. The number of aromatic nitrogens is 1. The molecule has 7 nitrogen and oxygen atoms in total. The fourth-order valence-corrected chi connectivity index (χ4v) is 2.59. The molecule has 122 valence electrons. The smallest absolute Gasteiger partial charge is 0.303 e. The van der Waals surface area contributed by atoms with Crippen LogP contribution in [0.4, 0.5) is 5.13 Å². The van der Waals surface area contributed by atoms with Crippen LogP contribution in [0.3, 0.4) is 0 Å². The minimum Gasteiger partial charge on any atom is -0.497 e. The number of rotatable bonds is 7.